The van der Waals surface area contributed by atoms with Gasteiger partial charge in [0.2, 0.25) is 0 Å². The highest BCUT2D eigenvalue weighted by molar-refractivity contribution is 7.98. The predicted octanol–water partition coefficient (Wildman–Crippen LogP) is 4.34. The molecule has 1 rings (SSSR count). The van der Waals surface area contributed by atoms with Gasteiger partial charge in [-0.2, -0.15) is 11.8 Å². The van der Waals surface area contributed by atoms with Gasteiger partial charge in [0, 0.05) is 16.7 Å². The lowest BCUT2D eigenvalue weighted by atomic mass is 10.2. The van der Waals surface area contributed by atoms with E-state index in [4.69, 9.17) is 23.2 Å². The van der Waals surface area contributed by atoms with Crippen LogP contribution >= 0.6 is 35.0 Å². The van der Waals surface area contributed by atoms with E-state index in [0.29, 0.717) is 10.9 Å². The molecular formula is C10H11Cl2FS. The standard InChI is InChI=1S/C10H11Cl2FS/c11-4-1-5-14-7-8-6-9(13)2-3-10(8)12/h2-3,6H,1,4-5,7H2. The average Bonchev–Trinajstić information content (AvgIpc) is 2.18. The Labute approximate surface area is 97.8 Å². The highest BCUT2D eigenvalue weighted by atomic mass is 35.5. The van der Waals surface area contributed by atoms with Gasteiger partial charge in [0.1, 0.15) is 5.82 Å². The van der Waals surface area contributed by atoms with Crippen LogP contribution in [0.4, 0.5) is 4.39 Å². The van der Waals surface area contributed by atoms with Gasteiger partial charge < -0.3 is 0 Å². The first kappa shape index (κ1) is 12.2. The molecular weight excluding hydrogens is 242 g/mol. The molecule has 0 unspecified atom stereocenters. The van der Waals surface area contributed by atoms with Gasteiger partial charge in [-0.25, -0.2) is 4.39 Å². The van der Waals surface area contributed by atoms with Crippen molar-refractivity contribution in [1.29, 1.82) is 0 Å². The van der Waals surface area contributed by atoms with E-state index in [1.807, 2.05) is 0 Å². The molecule has 0 aromatic heterocycles. The molecule has 0 nitrogen and oxygen atoms in total. The molecule has 0 fully saturated rings. The number of rotatable bonds is 5. The van der Waals surface area contributed by atoms with Gasteiger partial charge in [-0.3, -0.25) is 0 Å². The minimum absolute atomic E-state index is 0.234. The lowest BCUT2D eigenvalue weighted by Crippen LogP contribution is -1.87. The smallest absolute Gasteiger partial charge is 0.123 e. The molecule has 0 spiro atoms. The van der Waals surface area contributed by atoms with Crippen LogP contribution in [0, 0.1) is 5.82 Å². The summed E-state index contributed by atoms with van der Waals surface area (Å²) in [5.41, 5.74) is 0.853. The van der Waals surface area contributed by atoms with E-state index >= 15 is 0 Å². The van der Waals surface area contributed by atoms with Crippen LogP contribution in [-0.2, 0) is 5.75 Å². The van der Waals surface area contributed by atoms with Gasteiger partial charge >= 0.3 is 0 Å². The van der Waals surface area contributed by atoms with E-state index < -0.39 is 0 Å². The van der Waals surface area contributed by atoms with E-state index in [1.54, 1.807) is 17.8 Å². The Hall–Kier alpha value is 0.0800. The van der Waals surface area contributed by atoms with Crippen molar-refractivity contribution in [3.63, 3.8) is 0 Å². The third-order valence-corrected chi connectivity index (χ3v) is 3.42. The number of thioether (sulfide) groups is 1. The zero-order chi connectivity index (χ0) is 10.4. The Kier molecular flexibility index (Phi) is 5.68. The molecule has 4 heteroatoms. The van der Waals surface area contributed by atoms with Gasteiger partial charge in [0.05, 0.1) is 0 Å². The topological polar surface area (TPSA) is 0 Å². The number of hydrogen-bond donors (Lipinski definition) is 0. The minimum atomic E-state index is -0.234. The van der Waals surface area contributed by atoms with Crippen LogP contribution in [0.5, 0.6) is 0 Å². The lowest BCUT2D eigenvalue weighted by Gasteiger charge is -2.03. The predicted molar refractivity (Wildman–Crippen MR) is 62.9 cm³/mol. The van der Waals surface area contributed by atoms with Gasteiger partial charge in [0.15, 0.2) is 0 Å². The van der Waals surface area contributed by atoms with Gasteiger partial charge in [0.25, 0.3) is 0 Å². The van der Waals surface area contributed by atoms with Crippen LogP contribution < -0.4 is 0 Å². The molecule has 0 aliphatic heterocycles. The maximum absolute atomic E-state index is 12.8. The zero-order valence-corrected chi connectivity index (χ0v) is 9.93. The van der Waals surface area contributed by atoms with Gasteiger partial charge in [-0.15, -0.1) is 11.6 Å². The fourth-order valence-electron chi connectivity index (χ4n) is 0.993. The second-order valence-corrected chi connectivity index (χ2v) is 4.72. The van der Waals surface area contributed by atoms with Crippen molar-refractivity contribution in [3.05, 3.63) is 34.6 Å². The Balaban J connectivity index is 2.45. The van der Waals surface area contributed by atoms with Crippen LogP contribution in [0.15, 0.2) is 18.2 Å². The Morgan fingerprint density at radius 2 is 2.14 bits per heavy atom. The Morgan fingerprint density at radius 1 is 1.36 bits per heavy atom. The lowest BCUT2D eigenvalue weighted by molar-refractivity contribution is 0.626. The molecule has 0 N–H and O–H groups in total. The molecule has 0 atom stereocenters. The molecule has 0 radical (unpaired) electrons. The summed E-state index contributed by atoms with van der Waals surface area (Å²) in [7, 11) is 0. The van der Waals surface area contributed by atoms with E-state index in [1.165, 1.54) is 12.1 Å². The second-order valence-electron chi connectivity index (χ2n) is 2.83. The number of benzene rings is 1. The molecule has 78 valence electrons. The van der Waals surface area contributed by atoms with Crippen molar-refractivity contribution in [2.45, 2.75) is 12.2 Å². The SMILES string of the molecule is Fc1ccc(Cl)c(CSCCCCl)c1. The first-order chi connectivity index (χ1) is 6.74. The zero-order valence-electron chi connectivity index (χ0n) is 7.60. The van der Waals surface area contributed by atoms with E-state index in [2.05, 4.69) is 0 Å². The summed E-state index contributed by atoms with van der Waals surface area (Å²) in [5, 5.41) is 0.629. The molecule has 1 aromatic rings. The van der Waals surface area contributed by atoms with Crippen LogP contribution in [0.2, 0.25) is 5.02 Å². The molecule has 0 bridgehead atoms. The van der Waals surface area contributed by atoms with Crippen LogP contribution in [0.25, 0.3) is 0 Å². The molecule has 0 heterocycles. The van der Waals surface area contributed by atoms with Crippen molar-refractivity contribution < 1.29 is 4.39 Å². The third kappa shape index (κ3) is 4.07. The maximum atomic E-state index is 12.8. The van der Waals surface area contributed by atoms with Gasteiger partial charge in [-0.05, 0) is 35.9 Å². The molecule has 14 heavy (non-hydrogen) atoms. The molecule has 0 amide bonds. The number of hydrogen-bond acceptors (Lipinski definition) is 1. The quantitative estimate of drug-likeness (QED) is 0.555. The van der Waals surface area contributed by atoms with Crippen LogP contribution in [0.3, 0.4) is 0 Å². The van der Waals surface area contributed by atoms with Crippen molar-refractivity contribution in [2.75, 3.05) is 11.6 Å². The highest BCUT2D eigenvalue weighted by Crippen LogP contribution is 2.22. The highest BCUT2D eigenvalue weighted by Gasteiger charge is 2.01. The second kappa shape index (κ2) is 6.54. The van der Waals surface area contributed by atoms with Crippen molar-refractivity contribution in [3.8, 4) is 0 Å². The Morgan fingerprint density at radius 3 is 2.86 bits per heavy atom. The largest absolute Gasteiger partial charge is 0.207 e. The summed E-state index contributed by atoms with van der Waals surface area (Å²) in [6.45, 7) is 0. The summed E-state index contributed by atoms with van der Waals surface area (Å²) in [6.07, 6.45) is 0.971. The summed E-state index contributed by atoms with van der Waals surface area (Å²) >= 11 is 13.2. The van der Waals surface area contributed by atoms with E-state index in [-0.39, 0.29) is 5.82 Å². The summed E-state index contributed by atoms with van der Waals surface area (Å²) < 4.78 is 12.8. The number of alkyl halides is 1. The third-order valence-electron chi connectivity index (χ3n) is 1.69. The number of halogens is 3. The normalized spacial score (nSPS) is 10.5. The van der Waals surface area contributed by atoms with E-state index in [9.17, 15) is 4.39 Å². The first-order valence-electron chi connectivity index (χ1n) is 4.31. The Bertz CT molecular complexity index is 291. The van der Waals surface area contributed by atoms with Crippen molar-refractivity contribution in [2.24, 2.45) is 0 Å². The minimum Gasteiger partial charge on any atom is -0.207 e. The van der Waals surface area contributed by atoms with Crippen LogP contribution in [-0.4, -0.2) is 11.6 Å². The van der Waals surface area contributed by atoms with Crippen molar-refractivity contribution in [1.82, 2.24) is 0 Å². The molecule has 0 saturated carbocycles. The molecule has 1 aromatic carbocycles. The average molecular weight is 253 g/mol. The molecule has 0 saturated heterocycles. The first-order valence-corrected chi connectivity index (χ1v) is 6.38. The monoisotopic (exact) mass is 252 g/mol. The van der Waals surface area contributed by atoms with Crippen molar-refractivity contribution >= 4 is 35.0 Å². The summed E-state index contributed by atoms with van der Waals surface area (Å²) in [5.74, 6) is 2.16. The molecule has 0 aliphatic rings. The van der Waals surface area contributed by atoms with Gasteiger partial charge in [-0.1, -0.05) is 11.6 Å². The summed E-state index contributed by atoms with van der Waals surface area (Å²) in [6, 6.07) is 4.44. The van der Waals surface area contributed by atoms with Crippen LogP contribution in [0.1, 0.15) is 12.0 Å². The fourth-order valence-corrected chi connectivity index (χ4v) is 2.50. The maximum Gasteiger partial charge on any atom is 0.123 e. The van der Waals surface area contributed by atoms with E-state index in [0.717, 1.165) is 23.5 Å². The fraction of sp³-hybridized carbons (Fsp3) is 0.400. The molecule has 0 aliphatic carbocycles. The summed E-state index contributed by atoms with van der Waals surface area (Å²) in [4.78, 5) is 0.